The molecule has 0 aliphatic carbocycles. The summed E-state index contributed by atoms with van der Waals surface area (Å²) in [7, 11) is 0. The number of carbonyl (C=O) groups excluding carboxylic acids is 2. The van der Waals surface area contributed by atoms with Crippen LogP contribution in [0.15, 0.2) is 0 Å². The summed E-state index contributed by atoms with van der Waals surface area (Å²) in [6.45, 7) is 5.89. The van der Waals surface area contributed by atoms with E-state index in [0.29, 0.717) is 31.8 Å². The lowest BCUT2D eigenvalue weighted by Gasteiger charge is -2.20. The Balaban J connectivity index is 1.76. The number of likely N-dealkylation sites (tertiary alicyclic amines) is 1. The van der Waals surface area contributed by atoms with Gasteiger partial charge >= 0.3 is 0 Å². The zero-order chi connectivity index (χ0) is 15.9. The van der Waals surface area contributed by atoms with Crippen LogP contribution in [0.5, 0.6) is 0 Å². The van der Waals surface area contributed by atoms with Crippen molar-refractivity contribution >= 4 is 23.3 Å². The Labute approximate surface area is 135 Å². The van der Waals surface area contributed by atoms with Crippen molar-refractivity contribution in [1.29, 1.82) is 0 Å². The van der Waals surface area contributed by atoms with Crippen LogP contribution in [-0.4, -0.2) is 39.4 Å². The van der Waals surface area contributed by atoms with Crippen LogP contribution in [0.2, 0.25) is 0 Å². The highest BCUT2D eigenvalue weighted by atomic mass is 32.1. The van der Waals surface area contributed by atoms with Crippen molar-refractivity contribution in [3.63, 3.8) is 0 Å². The van der Waals surface area contributed by atoms with Crippen LogP contribution in [-0.2, 0) is 16.1 Å². The standard InChI is InChI=1S/C15H24N4O2S/c1-11(2)15-12(22-18-17-15)10-16-13(20)7-9-19-8-5-3-4-6-14(19)21/h11H,3-10H2,1-2H3,(H,16,20). The van der Waals surface area contributed by atoms with E-state index in [0.717, 1.165) is 36.4 Å². The molecule has 122 valence electrons. The van der Waals surface area contributed by atoms with Crippen LogP contribution in [0.4, 0.5) is 0 Å². The average Bonchev–Trinajstić information content (AvgIpc) is 2.87. The summed E-state index contributed by atoms with van der Waals surface area (Å²) in [5, 5.41) is 7.00. The van der Waals surface area contributed by atoms with Crippen molar-refractivity contribution in [1.82, 2.24) is 19.8 Å². The summed E-state index contributed by atoms with van der Waals surface area (Å²) in [6, 6.07) is 0. The van der Waals surface area contributed by atoms with Gasteiger partial charge in [-0.1, -0.05) is 24.8 Å². The highest BCUT2D eigenvalue weighted by Gasteiger charge is 2.17. The van der Waals surface area contributed by atoms with Gasteiger partial charge in [0.1, 0.15) is 0 Å². The quantitative estimate of drug-likeness (QED) is 0.869. The zero-order valence-electron chi connectivity index (χ0n) is 13.3. The van der Waals surface area contributed by atoms with Crippen molar-refractivity contribution in [3.05, 3.63) is 10.6 Å². The van der Waals surface area contributed by atoms with Crippen molar-refractivity contribution < 1.29 is 9.59 Å². The number of rotatable bonds is 6. The molecule has 0 aromatic carbocycles. The minimum atomic E-state index is -0.0276. The number of hydrogen-bond acceptors (Lipinski definition) is 5. The number of nitrogens with one attached hydrogen (secondary N) is 1. The molecule has 0 atom stereocenters. The third-order valence-electron chi connectivity index (χ3n) is 3.86. The second-order valence-electron chi connectivity index (χ2n) is 5.95. The highest BCUT2D eigenvalue weighted by molar-refractivity contribution is 7.05. The van der Waals surface area contributed by atoms with E-state index in [1.54, 1.807) is 0 Å². The smallest absolute Gasteiger partial charge is 0.222 e. The largest absolute Gasteiger partial charge is 0.351 e. The van der Waals surface area contributed by atoms with Gasteiger partial charge in [0.05, 0.1) is 17.1 Å². The molecular weight excluding hydrogens is 300 g/mol. The van der Waals surface area contributed by atoms with E-state index < -0.39 is 0 Å². The monoisotopic (exact) mass is 324 g/mol. The second kappa shape index (κ2) is 8.22. The minimum absolute atomic E-state index is 0.0276. The third kappa shape index (κ3) is 4.76. The second-order valence-corrected chi connectivity index (χ2v) is 6.79. The van der Waals surface area contributed by atoms with E-state index in [1.165, 1.54) is 11.5 Å². The molecule has 7 heteroatoms. The fourth-order valence-corrected chi connectivity index (χ4v) is 3.29. The molecule has 2 amide bonds. The molecule has 0 unspecified atom stereocenters. The fourth-order valence-electron chi connectivity index (χ4n) is 2.56. The number of nitrogens with zero attached hydrogens (tertiary/aromatic N) is 3. The Bertz CT molecular complexity index is 515. The minimum Gasteiger partial charge on any atom is -0.351 e. The SMILES string of the molecule is CC(C)c1nnsc1CNC(=O)CCN1CCCCCC1=O. The molecule has 1 saturated heterocycles. The van der Waals surface area contributed by atoms with Gasteiger partial charge in [0, 0.05) is 25.9 Å². The third-order valence-corrected chi connectivity index (χ3v) is 4.60. The Morgan fingerprint density at radius 2 is 2.18 bits per heavy atom. The van der Waals surface area contributed by atoms with Crippen molar-refractivity contribution in [3.8, 4) is 0 Å². The molecule has 1 fully saturated rings. The van der Waals surface area contributed by atoms with Gasteiger partial charge in [-0.15, -0.1) is 5.10 Å². The molecule has 22 heavy (non-hydrogen) atoms. The van der Waals surface area contributed by atoms with E-state index in [1.807, 2.05) is 4.90 Å². The first kappa shape index (κ1) is 16.9. The first-order valence-corrected chi connectivity index (χ1v) is 8.71. The molecule has 1 aromatic heterocycles. The summed E-state index contributed by atoms with van der Waals surface area (Å²) in [6.07, 6.45) is 4.08. The lowest BCUT2D eigenvalue weighted by Crippen LogP contribution is -2.34. The summed E-state index contributed by atoms with van der Waals surface area (Å²) >= 11 is 1.33. The molecular formula is C15H24N4O2S. The van der Waals surface area contributed by atoms with Crippen LogP contribution < -0.4 is 5.32 Å². The van der Waals surface area contributed by atoms with Crippen LogP contribution in [0, 0.1) is 0 Å². The summed E-state index contributed by atoms with van der Waals surface area (Å²) in [5.41, 5.74) is 0.952. The van der Waals surface area contributed by atoms with Crippen LogP contribution in [0.3, 0.4) is 0 Å². The normalized spacial score (nSPS) is 16.0. The number of amides is 2. The molecule has 0 radical (unpaired) electrons. The maximum atomic E-state index is 12.0. The van der Waals surface area contributed by atoms with Crippen LogP contribution >= 0.6 is 11.5 Å². The molecule has 0 bridgehead atoms. The van der Waals surface area contributed by atoms with Gasteiger partial charge in [0.15, 0.2) is 0 Å². The highest BCUT2D eigenvalue weighted by Crippen LogP contribution is 2.19. The zero-order valence-corrected chi connectivity index (χ0v) is 14.1. The summed E-state index contributed by atoms with van der Waals surface area (Å²) < 4.78 is 3.95. The molecule has 0 spiro atoms. The van der Waals surface area contributed by atoms with Crippen molar-refractivity contribution in [2.24, 2.45) is 0 Å². The van der Waals surface area contributed by atoms with E-state index >= 15 is 0 Å². The lowest BCUT2D eigenvalue weighted by molar-refractivity contribution is -0.131. The lowest BCUT2D eigenvalue weighted by atomic mass is 10.1. The molecule has 2 rings (SSSR count). The Morgan fingerprint density at radius 3 is 2.95 bits per heavy atom. The summed E-state index contributed by atoms with van der Waals surface area (Å²) in [4.78, 5) is 26.7. The van der Waals surface area contributed by atoms with Gasteiger partial charge < -0.3 is 10.2 Å². The van der Waals surface area contributed by atoms with E-state index in [4.69, 9.17) is 0 Å². The van der Waals surface area contributed by atoms with Crippen LogP contribution in [0.1, 0.15) is 62.4 Å². The van der Waals surface area contributed by atoms with Gasteiger partial charge in [-0.05, 0) is 30.3 Å². The Morgan fingerprint density at radius 1 is 1.36 bits per heavy atom. The molecule has 1 aliphatic rings. The first-order chi connectivity index (χ1) is 10.6. The first-order valence-electron chi connectivity index (χ1n) is 7.93. The molecule has 1 aromatic rings. The van der Waals surface area contributed by atoms with Gasteiger partial charge in [-0.2, -0.15) is 0 Å². The summed E-state index contributed by atoms with van der Waals surface area (Å²) in [5.74, 6) is 0.458. The van der Waals surface area contributed by atoms with Gasteiger partial charge in [0.2, 0.25) is 11.8 Å². The predicted octanol–water partition coefficient (Wildman–Crippen LogP) is 2.07. The molecule has 1 aliphatic heterocycles. The van der Waals surface area contributed by atoms with Crippen molar-refractivity contribution in [2.45, 2.75) is 58.4 Å². The number of carbonyl (C=O) groups is 2. The van der Waals surface area contributed by atoms with Crippen molar-refractivity contribution in [2.75, 3.05) is 13.1 Å². The molecule has 0 saturated carbocycles. The van der Waals surface area contributed by atoms with E-state index in [-0.39, 0.29) is 11.8 Å². The van der Waals surface area contributed by atoms with E-state index in [9.17, 15) is 9.59 Å². The predicted molar refractivity (Wildman–Crippen MR) is 85.5 cm³/mol. The van der Waals surface area contributed by atoms with Gasteiger partial charge in [-0.3, -0.25) is 9.59 Å². The number of hydrogen-bond donors (Lipinski definition) is 1. The molecule has 2 heterocycles. The molecule has 1 N–H and O–H groups in total. The Hall–Kier alpha value is -1.50. The Kier molecular flexibility index (Phi) is 6.30. The molecule has 6 nitrogen and oxygen atoms in total. The average molecular weight is 324 g/mol. The maximum absolute atomic E-state index is 12.0. The number of aromatic nitrogens is 2. The fraction of sp³-hybridized carbons (Fsp3) is 0.733. The van der Waals surface area contributed by atoms with Gasteiger partial charge in [-0.25, -0.2) is 0 Å². The van der Waals surface area contributed by atoms with E-state index in [2.05, 4.69) is 28.8 Å². The maximum Gasteiger partial charge on any atom is 0.222 e. The van der Waals surface area contributed by atoms with Crippen LogP contribution in [0.25, 0.3) is 0 Å². The topological polar surface area (TPSA) is 75.2 Å². The van der Waals surface area contributed by atoms with Gasteiger partial charge in [0.25, 0.3) is 0 Å².